The topological polar surface area (TPSA) is 104 Å². The molecule has 9 heteroatoms. The van der Waals surface area contributed by atoms with Crippen molar-refractivity contribution in [2.45, 2.75) is 33.0 Å². The zero-order chi connectivity index (χ0) is 20.9. The van der Waals surface area contributed by atoms with Gasteiger partial charge in [0.25, 0.3) is 0 Å². The van der Waals surface area contributed by atoms with Crippen LogP contribution in [0.5, 0.6) is 0 Å². The third-order valence-corrected chi connectivity index (χ3v) is 3.66. The fourth-order valence-electron chi connectivity index (χ4n) is 2.42. The van der Waals surface area contributed by atoms with E-state index in [2.05, 4.69) is 25.7 Å². The van der Waals surface area contributed by atoms with E-state index in [-0.39, 0.29) is 12.3 Å². The predicted molar refractivity (Wildman–Crippen MR) is 105 cm³/mol. The average molecular weight is 394 g/mol. The quantitative estimate of drug-likeness (QED) is 0.359. The number of nitrogens with zero attached hydrogens (tertiary/aromatic N) is 6. The number of benzene rings is 1. The van der Waals surface area contributed by atoms with Crippen LogP contribution in [0.25, 0.3) is 0 Å². The summed E-state index contributed by atoms with van der Waals surface area (Å²) in [6, 6.07) is 14.5. The van der Waals surface area contributed by atoms with Gasteiger partial charge in [0.05, 0.1) is 5.69 Å². The summed E-state index contributed by atoms with van der Waals surface area (Å²) in [7, 11) is 1.72. The summed E-state index contributed by atoms with van der Waals surface area (Å²) in [6.07, 6.45) is 0. The minimum atomic E-state index is -0.593. The van der Waals surface area contributed by atoms with Crippen molar-refractivity contribution in [1.82, 2.24) is 25.2 Å². The summed E-state index contributed by atoms with van der Waals surface area (Å²) in [6.45, 7) is 5.48. The van der Waals surface area contributed by atoms with Gasteiger partial charge >= 0.3 is 5.97 Å². The van der Waals surface area contributed by atoms with Gasteiger partial charge < -0.3 is 9.57 Å². The van der Waals surface area contributed by atoms with E-state index in [0.717, 1.165) is 5.56 Å². The molecule has 0 radical (unpaired) electrons. The van der Waals surface area contributed by atoms with Crippen molar-refractivity contribution in [2.24, 2.45) is 12.2 Å². The van der Waals surface area contributed by atoms with Crippen LogP contribution in [0.15, 0.2) is 53.7 Å². The molecule has 0 saturated carbocycles. The predicted octanol–water partition coefficient (Wildman–Crippen LogP) is 2.53. The van der Waals surface area contributed by atoms with Crippen LogP contribution in [-0.4, -0.2) is 42.5 Å². The minimum Gasteiger partial charge on any atom is -0.455 e. The number of hydrogen-bond acceptors (Lipinski definition) is 8. The van der Waals surface area contributed by atoms with Crippen molar-refractivity contribution >= 4 is 11.7 Å². The molecule has 0 aliphatic heterocycles. The summed E-state index contributed by atoms with van der Waals surface area (Å²) < 4.78 is 6.86. The molecular weight excluding hydrogens is 372 g/mol. The van der Waals surface area contributed by atoms with Crippen molar-refractivity contribution in [3.8, 4) is 0 Å². The van der Waals surface area contributed by atoms with Crippen LogP contribution in [0.4, 0.5) is 0 Å². The van der Waals surface area contributed by atoms with Crippen molar-refractivity contribution in [1.29, 1.82) is 0 Å². The number of oxime groups is 1. The molecule has 150 valence electrons. The molecule has 0 aliphatic rings. The standard InChI is InChI=1S/C20H22N6O3/c1-20(2,3)29-19(27)16-12-8-11-15(21-16)13-28-23-17(14-9-6-5-7-10-14)18-22-24-25-26(18)4/h5-12H,13H2,1-4H3. The molecular formula is C20H22N6O3. The fourth-order valence-corrected chi connectivity index (χ4v) is 2.42. The second kappa shape index (κ2) is 8.59. The molecule has 3 rings (SSSR count). The Labute approximate surface area is 168 Å². The lowest BCUT2D eigenvalue weighted by molar-refractivity contribution is 0.00619. The minimum absolute atomic E-state index is 0.0677. The highest BCUT2D eigenvalue weighted by Crippen LogP contribution is 2.12. The summed E-state index contributed by atoms with van der Waals surface area (Å²) in [5.41, 5.74) is 1.46. The van der Waals surface area contributed by atoms with E-state index in [9.17, 15) is 4.79 Å². The number of ether oxygens (including phenoxy) is 1. The zero-order valence-corrected chi connectivity index (χ0v) is 16.7. The number of aromatic nitrogens is 5. The molecule has 0 fully saturated rings. The Morgan fingerprint density at radius 3 is 2.52 bits per heavy atom. The Bertz CT molecular complexity index is 1010. The number of carbonyl (C=O) groups is 1. The van der Waals surface area contributed by atoms with Crippen LogP contribution in [-0.2, 0) is 23.2 Å². The third kappa shape index (κ3) is 5.44. The maximum Gasteiger partial charge on any atom is 0.357 e. The molecule has 0 saturated heterocycles. The molecule has 0 aliphatic carbocycles. The Kier molecular flexibility index (Phi) is 5.96. The van der Waals surface area contributed by atoms with E-state index in [1.165, 1.54) is 4.68 Å². The van der Waals surface area contributed by atoms with Crippen LogP contribution in [0.2, 0.25) is 0 Å². The summed E-state index contributed by atoms with van der Waals surface area (Å²) in [5.74, 6) is -0.0235. The second-order valence-electron chi connectivity index (χ2n) is 7.22. The van der Waals surface area contributed by atoms with Gasteiger partial charge in [0.15, 0.2) is 12.3 Å². The molecule has 9 nitrogen and oxygen atoms in total. The Morgan fingerprint density at radius 1 is 1.10 bits per heavy atom. The molecule has 0 unspecified atom stereocenters. The Morgan fingerprint density at radius 2 is 1.86 bits per heavy atom. The number of aryl methyl sites for hydroxylation is 1. The molecule has 2 aromatic heterocycles. The van der Waals surface area contributed by atoms with E-state index >= 15 is 0 Å². The highest BCUT2D eigenvalue weighted by atomic mass is 16.6. The molecule has 0 spiro atoms. The van der Waals surface area contributed by atoms with Gasteiger partial charge in [-0.2, -0.15) is 0 Å². The lowest BCUT2D eigenvalue weighted by Gasteiger charge is -2.19. The first-order chi connectivity index (χ1) is 13.8. The lowest BCUT2D eigenvalue weighted by Crippen LogP contribution is -2.24. The van der Waals surface area contributed by atoms with E-state index < -0.39 is 11.6 Å². The Hall–Kier alpha value is -3.62. The molecule has 0 N–H and O–H groups in total. The van der Waals surface area contributed by atoms with Crippen LogP contribution >= 0.6 is 0 Å². The smallest absolute Gasteiger partial charge is 0.357 e. The SMILES string of the molecule is Cn1nnnc1C(=NOCc1cccc(C(=O)OC(C)(C)C)n1)c1ccccc1. The first kappa shape index (κ1) is 20.1. The second-order valence-corrected chi connectivity index (χ2v) is 7.22. The van der Waals surface area contributed by atoms with Crippen molar-refractivity contribution in [3.63, 3.8) is 0 Å². The van der Waals surface area contributed by atoms with Gasteiger partial charge in [0.1, 0.15) is 11.3 Å². The van der Waals surface area contributed by atoms with E-state index in [0.29, 0.717) is 17.2 Å². The molecule has 3 aromatic rings. The fraction of sp³-hybridized carbons (Fsp3) is 0.300. The number of carbonyl (C=O) groups excluding carboxylic acids is 1. The van der Waals surface area contributed by atoms with Crippen molar-refractivity contribution < 1.29 is 14.4 Å². The summed E-state index contributed by atoms with van der Waals surface area (Å²) in [4.78, 5) is 22.0. The van der Waals surface area contributed by atoms with Crippen LogP contribution in [0.3, 0.4) is 0 Å². The average Bonchev–Trinajstić information content (AvgIpc) is 3.10. The first-order valence-corrected chi connectivity index (χ1v) is 9.01. The first-order valence-electron chi connectivity index (χ1n) is 9.01. The number of tetrazole rings is 1. The largest absolute Gasteiger partial charge is 0.455 e. The third-order valence-electron chi connectivity index (χ3n) is 3.66. The molecule has 0 bridgehead atoms. The highest BCUT2D eigenvalue weighted by molar-refractivity contribution is 6.10. The molecule has 0 amide bonds. The number of hydrogen-bond donors (Lipinski definition) is 0. The van der Waals surface area contributed by atoms with Crippen molar-refractivity contribution in [3.05, 3.63) is 71.3 Å². The van der Waals surface area contributed by atoms with Gasteiger partial charge in [-0.15, -0.1) is 5.10 Å². The van der Waals surface area contributed by atoms with E-state index in [1.807, 2.05) is 30.3 Å². The van der Waals surface area contributed by atoms with E-state index in [1.54, 1.807) is 46.0 Å². The number of pyridine rings is 1. The van der Waals surface area contributed by atoms with Gasteiger partial charge in [0, 0.05) is 12.6 Å². The van der Waals surface area contributed by atoms with Crippen LogP contribution in [0, 0.1) is 0 Å². The van der Waals surface area contributed by atoms with Gasteiger partial charge in [0.2, 0.25) is 5.82 Å². The van der Waals surface area contributed by atoms with Gasteiger partial charge in [-0.1, -0.05) is 41.6 Å². The lowest BCUT2D eigenvalue weighted by atomic mass is 10.1. The summed E-state index contributed by atoms with van der Waals surface area (Å²) >= 11 is 0. The van der Waals surface area contributed by atoms with E-state index in [4.69, 9.17) is 9.57 Å². The Balaban J connectivity index is 1.77. The van der Waals surface area contributed by atoms with Gasteiger partial charge in [-0.25, -0.2) is 14.5 Å². The van der Waals surface area contributed by atoms with Gasteiger partial charge in [-0.05, 0) is 43.3 Å². The molecule has 29 heavy (non-hydrogen) atoms. The summed E-state index contributed by atoms with van der Waals surface area (Å²) in [5, 5.41) is 15.7. The van der Waals surface area contributed by atoms with Crippen LogP contribution in [0.1, 0.15) is 48.3 Å². The number of rotatable bonds is 6. The highest BCUT2D eigenvalue weighted by Gasteiger charge is 2.19. The monoisotopic (exact) mass is 394 g/mol. The zero-order valence-electron chi connectivity index (χ0n) is 16.7. The maximum atomic E-state index is 12.2. The molecule has 0 atom stereocenters. The maximum absolute atomic E-state index is 12.2. The van der Waals surface area contributed by atoms with Crippen LogP contribution < -0.4 is 0 Å². The van der Waals surface area contributed by atoms with Crippen molar-refractivity contribution in [2.75, 3.05) is 0 Å². The molecule has 2 heterocycles. The number of esters is 1. The van der Waals surface area contributed by atoms with Gasteiger partial charge in [-0.3, -0.25) is 0 Å². The normalized spacial score (nSPS) is 11.9. The molecule has 1 aromatic carbocycles.